The minimum atomic E-state index is -4.67. The molecule has 0 unspecified atom stereocenters. The summed E-state index contributed by atoms with van der Waals surface area (Å²) >= 11 is 0. The summed E-state index contributed by atoms with van der Waals surface area (Å²) in [6.45, 7) is 5.28. The number of anilines is 1. The highest BCUT2D eigenvalue weighted by Crippen LogP contribution is 2.37. The Morgan fingerprint density at radius 1 is 0.915 bits per heavy atom. The Bertz CT molecular complexity index is 2300. The molecule has 0 saturated heterocycles. The number of benzene rings is 3. The van der Waals surface area contributed by atoms with E-state index in [0.717, 1.165) is 6.07 Å². The number of hydrogen-bond acceptors (Lipinski definition) is 9. The molecule has 0 aliphatic rings. The van der Waals surface area contributed by atoms with E-state index in [2.05, 4.69) is 9.97 Å². The topological polar surface area (TPSA) is 184 Å². The van der Waals surface area contributed by atoms with E-state index in [1.54, 1.807) is 26.8 Å². The van der Waals surface area contributed by atoms with Crippen molar-refractivity contribution < 1.29 is 39.8 Å². The standard InChI is InChI=1S/C31H24F3N5O3.H2O4S/c1-15(2)41-22-11-10-18(13-21(22)34)27-26-30(35)36-14-37-31(26)39(38-27)16(3)29-24(17-6-4-7-19(32)12-17)28(40)25-20(33)8-5-9-23(25)42-29;1-5(2,3)4/h4-16H,1-3H3,(H2,35,36,37);(H2,1,2,3,4)/t16-;/m1./s1. The van der Waals surface area contributed by atoms with E-state index in [0.29, 0.717) is 10.9 Å². The van der Waals surface area contributed by atoms with Crippen LogP contribution in [0.4, 0.5) is 19.0 Å². The predicted octanol–water partition coefficient (Wildman–Crippen LogP) is 6.01. The molecular formula is C31H26F3N5O7S. The van der Waals surface area contributed by atoms with Gasteiger partial charge in [-0.05, 0) is 68.8 Å². The zero-order valence-corrected chi connectivity index (χ0v) is 25.7. The third-order valence-corrected chi connectivity index (χ3v) is 6.84. The third-order valence-electron chi connectivity index (χ3n) is 6.84. The Hall–Kier alpha value is -5.32. The Balaban J connectivity index is 0.000000807. The van der Waals surface area contributed by atoms with Crippen molar-refractivity contribution in [2.45, 2.75) is 32.9 Å². The molecular weight excluding hydrogens is 643 g/mol. The molecule has 0 fully saturated rings. The second-order valence-corrected chi connectivity index (χ2v) is 11.4. The van der Waals surface area contributed by atoms with Gasteiger partial charge in [-0.25, -0.2) is 27.8 Å². The van der Waals surface area contributed by atoms with Crippen LogP contribution in [0.3, 0.4) is 0 Å². The van der Waals surface area contributed by atoms with Gasteiger partial charge >= 0.3 is 10.4 Å². The number of nitrogen functional groups attached to an aromatic ring is 1. The van der Waals surface area contributed by atoms with Gasteiger partial charge in [-0.3, -0.25) is 13.9 Å². The number of ether oxygens (including phenoxy) is 1. The van der Waals surface area contributed by atoms with Crippen LogP contribution in [0.2, 0.25) is 0 Å². The molecule has 6 rings (SSSR count). The van der Waals surface area contributed by atoms with Gasteiger partial charge in [0.15, 0.2) is 17.2 Å². The van der Waals surface area contributed by atoms with Gasteiger partial charge in [0, 0.05) is 5.56 Å². The highest BCUT2D eigenvalue weighted by Gasteiger charge is 2.28. The van der Waals surface area contributed by atoms with Crippen LogP contribution in [0.5, 0.6) is 5.75 Å². The van der Waals surface area contributed by atoms with Crippen molar-refractivity contribution >= 4 is 38.2 Å². The molecule has 47 heavy (non-hydrogen) atoms. The first kappa shape index (κ1) is 33.1. The molecule has 244 valence electrons. The second-order valence-electron chi connectivity index (χ2n) is 10.5. The maximum atomic E-state index is 15.0. The lowest BCUT2D eigenvalue weighted by atomic mass is 9.99. The van der Waals surface area contributed by atoms with E-state index in [4.69, 9.17) is 37.5 Å². The number of rotatable bonds is 6. The molecule has 1 atom stereocenters. The first-order valence-electron chi connectivity index (χ1n) is 13.8. The average molecular weight is 670 g/mol. The largest absolute Gasteiger partial charge is 0.488 e. The first-order valence-corrected chi connectivity index (χ1v) is 15.2. The lowest BCUT2D eigenvalue weighted by molar-refractivity contribution is 0.231. The number of nitrogens with two attached hydrogens (primary N) is 1. The summed E-state index contributed by atoms with van der Waals surface area (Å²) in [4.78, 5) is 22.2. The smallest absolute Gasteiger partial charge is 0.394 e. The maximum Gasteiger partial charge on any atom is 0.394 e. The van der Waals surface area contributed by atoms with Crippen LogP contribution in [0.1, 0.15) is 32.6 Å². The lowest BCUT2D eigenvalue weighted by Crippen LogP contribution is -2.17. The van der Waals surface area contributed by atoms with Crippen molar-refractivity contribution in [3.63, 3.8) is 0 Å². The molecule has 12 nitrogen and oxygen atoms in total. The Morgan fingerprint density at radius 3 is 2.28 bits per heavy atom. The monoisotopic (exact) mass is 669 g/mol. The summed E-state index contributed by atoms with van der Waals surface area (Å²) in [6, 6.07) is 13.0. The van der Waals surface area contributed by atoms with Crippen molar-refractivity contribution in [2.24, 2.45) is 0 Å². The summed E-state index contributed by atoms with van der Waals surface area (Å²) in [7, 11) is -4.67. The SMILES string of the molecule is CC(C)Oc1ccc(-c2nn([C@H](C)c3oc4cccc(F)c4c(=O)c3-c3cccc(F)c3)c3ncnc(N)c23)cc1F.O=S(=O)(O)O. The molecule has 6 aromatic rings. The molecule has 0 amide bonds. The Morgan fingerprint density at radius 2 is 1.62 bits per heavy atom. The molecule has 16 heteroatoms. The zero-order valence-electron chi connectivity index (χ0n) is 24.8. The zero-order chi connectivity index (χ0) is 34.2. The number of fused-ring (bicyclic) bond motifs is 2. The highest BCUT2D eigenvalue weighted by molar-refractivity contribution is 7.79. The second kappa shape index (κ2) is 12.8. The van der Waals surface area contributed by atoms with E-state index in [9.17, 15) is 18.0 Å². The van der Waals surface area contributed by atoms with Crippen LogP contribution in [-0.4, -0.2) is 43.4 Å². The predicted molar refractivity (Wildman–Crippen MR) is 167 cm³/mol. The van der Waals surface area contributed by atoms with Crippen LogP contribution in [0.25, 0.3) is 44.4 Å². The Labute approximate surface area is 264 Å². The fourth-order valence-corrected chi connectivity index (χ4v) is 5.00. The van der Waals surface area contributed by atoms with Gasteiger partial charge in [0.05, 0.1) is 17.1 Å². The Kier molecular flexibility index (Phi) is 9.02. The van der Waals surface area contributed by atoms with Crippen molar-refractivity contribution in [3.05, 3.63) is 100 Å². The highest BCUT2D eigenvalue weighted by atomic mass is 32.3. The molecule has 0 radical (unpaired) electrons. The molecule has 0 spiro atoms. The van der Waals surface area contributed by atoms with Crippen LogP contribution >= 0.6 is 0 Å². The number of halogens is 3. The fourth-order valence-electron chi connectivity index (χ4n) is 5.00. The van der Waals surface area contributed by atoms with Gasteiger partial charge in [-0.2, -0.15) is 13.5 Å². The number of aromatic nitrogens is 4. The summed E-state index contributed by atoms with van der Waals surface area (Å²) in [5.74, 6) is -1.67. The molecule has 3 aromatic heterocycles. The van der Waals surface area contributed by atoms with Gasteiger partial charge < -0.3 is 14.9 Å². The molecule has 3 aromatic carbocycles. The molecule has 0 saturated carbocycles. The van der Waals surface area contributed by atoms with E-state index >= 15 is 0 Å². The maximum absolute atomic E-state index is 15.0. The molecule has 4 N–H and O–H groups in total. The fraction of sp³-hybridized carbons (Fsp3) is 0.161. The first-order chi connectivity index (χ1) is 22.1. The van der Waals surface area contributed by atoms with Gasteiger partial charge in [0.1, 0.15) is 52.2 Å². The molecule has 0 aliphatic heterocycles. The van der Waals surface area contributed by atoms with Gasteiger partial charge in [-0.15, -0.1) is 0 Å². The summed E-state index contributed by atoms with van der Waals surface area (Å²) < 4.78 is 88.9. The van der Waals surface area contributed by atoms with Crippen LogP contribution in [0, 0.1) is 17.5 Å². The number of nitrogens with zero attached hydrogens (tertiary/aromatic N) is 4. The molecule has 3 heterocycles. The molecule has 0 aliphatic carbocycles. The van der Waals surface area contributed by atoms with Crippen LogP contribution in [-0.2, 0) is 10.4 Å². The van der Waals surface area contributed by atoms with Gasteiger partial charge in [-0.1, -0.05) is 18.2 Å². The minimum Gasteiger partial charge on any atom is -0.488 e. The number of hydrogen-bond donors (Lipinski definition) is 3. The third kappa shape index (κ3) is 6.94. The van der Waals surface area contributed by atoms with Crippen LogP contribution < -0.4 is 15.9 Å². The average Bonchev–Trinajstić information content (AvgIpc) is 3.37. The summed E-state index contributed by atoms with van der Waals surface area (Å²) in [5.41, 5.74) is 6.70. The van der Waals surface area contributed by atoms with Crippen molar-refractivity contribution in [2.75, 3.05) is 5.73 Å². The van der Waals surface area contributed by atoms with Gasteiger partial charge in [0.2, 0.25) is 5.43 Å². The van der Waals surface area contributed by atoms with Crippen molar-refractivity contribution in [1.29, 1.82) is 0 Å². The van der Waals surface area contributed by atoms with Crippen LogP contribution in [0.15, 0.2) is 76.2 Å². The normalized spacial score (nSPS) is 12.3. The van der Waals surface area contributed by atoms with E-state index in [-0.39, 0.29) is 56.9 Å². The quantitative estimate of drug-likeness (QED) is 0.177. The van der Waals surface area contributed by atoms with Crippen molar-refractivity contribution in [3.8, 4) is 28.1 Å². The lowest BCUT2D eigenvalue weighted by Gasteiger charge is -2.17. The van der Waals surface area contributed by atoms with E-state index in [1.807, 2.05) is 0 Å². The van der Waals surface area contributed by atoms with Gasteiger partial charge in [0.25, 0.3) is 0 Å². The van der Waals surface area contributed by atoms with Crippen molar-refractivity contribution in [1.82, 2.24) is 19.7 Å². The summed E-state index contributed by atoms with van der Waals surface area (Å²) in [6.07, 6.45) is 1.03. The van der Waals surface area contributed by atoms with E-state index in [1.165, 1.54) is 59.5 Å². The van der Waals surface area contributed by atoms with E-state index < -0.39 is 39.3 Å². The summed E-state index contributed by atoms with van der Waals surface area (Å²) in [5, 5.41) is 4.81. The molecule has 0 bridgehead atoms. The minimum absolute atomic E-state index is 0.00985.